The standard InChI is InChI=1S/C21H20ClFN6O/c1-14-3-2-4-18(24-14)25-19-7-8-20(27-26-19)28-9-11-29(12-10-28)21(30)16-6-5-15(23)13-17(16)22/h2-8,13H,9-12H2,1H3,(H,24,25,26). The molecule has 0 unspecified atom stereocenters. The monoisotopic (exact) mass is 426 g/mol. The highest BCUT2D eigenvalue weighted by Crippen LogP contribution is 2.21. The molecule has 1 aliphatic heterocycles. The second-order valence-corrected chi connectivity index (χ2v) is 7.38. The minimum absolute atomic E-state index is 0.125. The topological polar surface area (TPSA) is 74.2 Å². The first-order chi connectivity index (χ1) is 14.5. The van der Waals surface area contributed by atoms with Gasteiger partial charge in [-0.1, -0.05) is 17.7 Å². The number of nitrogens with one attached hydrogen (secondary N) is 1. The lowest BCUT2D eigenvalue weighted by molar-refractivity contribution is 0.0746. The molecule has 3 aromatic rings. The maximum atomic E-state index is 13.2. The Morgan fingerprint density at radius 2 is 1.83 bits per heavy atom. The Morgan fingerprint density at radius 1 is 1.03 bits per heavy atom. The summed E-state index contributed by atoms with van der Waals surface area (Å²) >= 11 is 6.02. The van der Waals surface area contributed by atoms with Gasteiger partial charge in [-0.2, -0.15) is 0 Å². The second-order valence-electron chi connectivity index (χ2n) is 6.97. The van der Waals surface area contributed by atoms with Crippen LogP contribution >= 0.6 is 11.6 Å². The molecule has 2 aromatic heterocycles. The van der Waals surface area contributed by atoms with Crippen LogP contribution in [0.4, 0.5) is 21.8 Å². The van der Waals surface area contributed by atoms with Crippen LogP contribution in [0, 0.1) is 12.7 Å². The van der Waals surface area contributed by atoms with Gasteiger partial charge < -0.3 is 15.1 Å². The van der Waals surface area contributed by atoms with Gasteiger partial charge in [0.15, 0.2) is 11.6 Å². The number of aryl methyl sites for hydroxylation is 1. The van der Waals surface area contributed by atoms with Crippen molar-refractivity contribution in [3.8, 4) is 0 Å². The van der Waals surface area contributed by atoms with Crippen LogP contribution in [0.3, 0.4) is 0 Å². The Balaban J connectivity index is 1.36. The summed E-state index contributed by atoms with van der Waals surface area (Å²) in [5.41, 5.74) is 1.23. The molecule has 4 rings (SSSR count). The lowest BCUT2D eigenvalue weighted by atomic mass is 10.1. The highest BCUT2D eigenvalue weighted by atomic mass is 35.5. The number of hydrogen-bond acceptors (Lipinski definition) is 6. The normalized spacial score (nSPS) is 14.0. The summed E-state index contributed by atoms with van der Waals surface area (Å²) in [6, 6.07) is 13.3. The van der Waals surface area contributed by atoms with E-state index in [0.29, 0.717) is 43.4 Å². The molecular formula is C21H20ClFN6O. The van der Waals surface area contributed by atoms with E-state index in [9.17, 15) is 9.18 Å². The van der Waals surface area contributed by atoms with Gasteiger partial charge in [0.1, 0.15) is 11.6 Å². The average molecular weight is 427 g/mol. The number of carbonyl (C=O) groups is 1. The number of aromatic nitrogens is 3. The van der Waals surface area contributed by atoms with Crippen LogP contribution in [-0.2, 0) is 0 Å². The Bertz CT molecular complexity index is 1050. The van der Waals surface area contributed by atoms with Gasteiger partial charge in [0, 0.05) is 31.9 Å². The van der Waals surface area contributed by atoms with Gasteiger partial charge in [-0.15, -0.1) is 10.2 Å². The summed E-state index contributed by atoms with van der Waals surface area (Å²) < 4.78 is 13.2. The first kappa shape index (κ1) is 20.0. The van der Waals surface area contributed by atoms with E-state index in [0.717, 1.165) is 17.6 Å². The van der Waals surface area contributed by atoms with E-state index in [1.165, 1.54) is 12.1 Å². The lowest BCUT2D eigenvalue weighted by Crippen LogP contribution is -2.49. The number of benzene rings is 1. The molecule has 1 aliphatic rings. The molecule has 154 valence electrons. The third kappa shape index (κ3) is 4.49. The van der Waals surface area contributed by atoms with Crippen LogP contribution in [0.5, 0.6) is 0 Å². The summed E-state index contributed by atoms with van der Waals surface area (Å²) in [5.74, 6) is 1.40. The van der Waals surface area contributed by atoms with E-state index < -0.39 is 5.82 Å². The van der Waals surface area contributed by atoms with Crippen molar-refractivity contribution in [2.24, 2.45) is 0 Å². The van der Waals surface area contributed by atoms with Crippen LogP contribution in [0.25, 0.3) is 0 Å². The van der Waals surface area contributed by atoms with Crippen molar-refractivity contribution >= 4 is 35.0 Å². The third-order valence-electron chi connectivity index (χ3n) is 4.85. The predicted octanol–water partition coefficient (Wildman–Crippen LogP) is 3.68. The predicted molar refractivity (Wildman–Crippen MR) is 114 cm³/mol. The fourth-order valence-corrected chi connectivity index (χ4v) is 3.52. The van der Waals surface area contributed by atoms with Crippen molar-refractivity contribution in [2.75, 3.05) is 36.4 Å². The number of hydrogen-bond donors (Lipinski definition) is 1. The Hall–Kier alpha value is -3.26. The highest BCUT2D eigenvalue weighted by Gasteiger charge is 2.24. The first-order valence-corrected chi connectivity index (χ1v) is 9.91. The van der Waals surface area contributed by atoms with Crippen LogP contribution < -0.4 is 10.2 Å². The van der Waals surface area contributed by atoms with E-state index in [2.05, 4.69) is 25.4 Å². The highest BCUT2D eigenvalue weighted by molar-refractivity contribution is 6.33. The number of rotatable bonds is 4. The third-order valence-corrected chi connectivity index (χ3v) is 5.16. The number of pyridine rings is 1. The largest absolute Gasteiger partial charge is 0.352 e. The molecule has 0 saturated carbocycles. The molecule has 9 heteroatoms. The van der Waals surface area contributed by atoms with Crippen molar-refractivity contribution in [3.05, 3.63) is 70.6 Å². The molecule has 3 heterocycles. The van der Waals surface area contributed by atoms with Gasteiger partial charge in [-0.25, -0.2) is 9.37 Å². The minimum Gasteiger partial charge on any atom is -0.352 e. The molecule has 1 amide bonds. The minimum atomic E-state index is -0.462. The van der Waals surface area contributed by atoms with E-state index in [1.807, 2.05) is 37.3 Å². The summed E-state index contributed by atoms with van der Waals surface area (Å²) in [6.07, 6.45) is 0. The molecule has 0 spiro atoms. The second kappa shape index (κ2) is 8.62. The van der Waals surface area contributed by atoms with Gasteiger partial charge in [-0.05, 0) is 49.4 Å². The van der Waals surface area contributed by atoms with Crippen molar-refractivity contribution in [1.82, 2.24) is 20.1 Å². The molecule has 0 radical (unpaired) electrons. The smallest absolute Gasteiger partial charge is 0.255 e. The van der Waals surface area contributed by atoms with E-state index in [4.69, 9.17) is 11.6 Å². The Kier molecular flexibility index (Phi) is 5.76. The molecule has 0 atom stereocenters. The molecule has 1 N–H and O–H groups in total. The molecular weight excluding hydrogens is 407 g/mol. The maximum absolute atomic E-state index is 13.2. The van der Waals surface area contributed by atoms with Crippen molar-refractivity contribution in [1.29, 1.82) is 0 Å². The molecule has 0 bridgehead atoms. The SMILES string of the molecule is Cc1cccc(Nc2ccc(N3CCN(C(=O)c4ccc(F)cc4Cl)CC3)nn2)n1. The molecule has 1 fully saturated rings. The molecule has 0 aliphatic carbocycles. The zero-order valence-corrected chi connectivity index (χ0v) is 17.1. The molecule has 30 heavy (non-hydrogen) atoms. The Morgan fingerprint density at radius 3 is 2.50 bits per heavy atom. The van der Waals surface area contributed by atoms with Gasteiger partial charge in [-0.3, -0.25) is 4.79 Å². The molecule has 7 nitrogen and oxygen atoms in total. The number of piperazine rings is 1. The van der Waals surface area contributed by atoms with Crippen LogP contribution in [-0.4, -0.2) is 52.2 Å². The summed E-state index contributed by atoms with van der Waals surface area (Å²) in [5, 5.41) is 11.8. The first-order valence-electron chi connectivity index (χ1n) is 9.53. The summed E-state index contributed by atoms with van der Waals surface area (Å²) in [4.78, 5) is 20.8. The molecule has 1 aromatic carbocycles. The fourth-order valence-electron chi connectivity index (χ4n) is 3.28. The van der Waals surface area contributed by atoms with Gasteiger partial charge in [0.25, 0.3) is 5.91 Å². The van der Waals surface area contributed by atoms with Crippen molar-refractivity contribution in [2.45, 2.75) is 6.92 Å². The van der Waals surface area contributed by atoms with Crippen LogP contribution in [0.15, 0.2) is 48.5 Å². The number of nitrogens with zero attached hydrogens (tertiary/aromatic N) is 5. The Labute approximate surface area is 178 Å². The summed E-state index contributed by atoms with van der Waals surface area (Å²) in [7, 11) is 0. The average Bonchev–Trinajstić information content (AvgIpc) is 2.74. The number of amides is 1. The van der Waals surface area contributed by atoms with E-state index in [-0.39, 0.29) is 10.9 Å². The van der Waals surface area contributed by atoms with Crippen LogP contribution in [0.2, 0.25) is 5.02 Å². The van der Waals surface area contributed by atoms with E-state index in [1.54, 1.807) is 4.90 Å². The quantitative estimate of drug-likeness (QED) is 0.686. The molecule has 1 saturated heterocycles. The zero-order valence-electron chi connectivity index (χ0n) is 16.3. The summed E-state index contributed by atoms with van der Waals surface area (Å²) in [6.45, 7) is 4.19. The lowest BCUT2D eigenvalue weighted by Gasteiger charge is -2.35. The van der Waals surface area contributed by atoms with Gasteiger partial charge >= 0.3 is 0 Å². The number of halogens is 2. The van der Waals surface area contributed by atoms with Gasteiger partial charge in [0.2, 0.25) is 0 Å². The van der Waals surface area contributed by atoms with E-state index >= 15 is 0 Å². The number of carbonyl (C=O) groups excluding carboxylic acids is 1. The van der Waals surface area contributed by atoms with Crippen LogP contribution in [0.1, 0.15) is 16.1 Å². The van der Waals surface area contributed by atoms with Crippen molar-refractivity contribution < 1.29 is 9.18 Å². The number of anilines is 3. The zero-order chi connectivity index (χ0) is 21.1. The van der Waals surface area contributed by atoms with Gasteiger partial charge in [0.05, 0.1) is 10.6 Å². The maximum Gasteiger partial charge on any atom is 0.255 e. The van der Waals surface area contributed by atoms with Crippen molar-refractivity contribution in [3.63, 3.8) is 0 Å². The fraction of sp³-hybridized carbons (Fsp3) is 0.238.